The van der Waals surface area contributed by atoms with Crippen LogP contribution in [0.15, 0.2) is 24.3 Å². The van der Waals surface area contributed by atoms with E-state index in [9.17, 15) is 0 Å². The number of halogens is 1. The van der Waals surface area contributed by atoms with Gasteiger partial charge in [0.15, 0.2) is 0 Å². The number of ether oxygens (including phenoxy) is 1. The third-order valence-corrected chi connectivity index (χ3v) is 3.32. The van der Waals surface area contributed by atoms with E-state index in [2.05, 4.69) is 32.2 Å². The molecule has 1 rings (SSSR count). The summed E-state index contributed by atoms with van der Waals surface area (Å²) in [5.74, 6) is 0.562. The fraction of sp³-hybridized carbons (Fsp3) is 0.600. The second kappa shape index (κ2) is 7.78. The van der Waals surface area contributed by atoms with Gasteiger partial charge in [0.2, 0.25) is 0 Å². The summed E-state index contributed by atoms with van der Waals surface area (Å²) in [7, 11) is 1.75. The van der Waals surface area contributed by atoms with E-state index < -0.39 is 0 Å². The van der Waals surface area contributed by atoms with E-state index in [1.807, 2.05) is 18.2 Å². The highest BCUT2D eigenvalue weighted by molar-refractivity contribution is 6.30. The number of hydrogen-bond donors (Lipinski definition) is 1. The molecular weight excluding hydrogens is 246 g/mol. The van der Waals surface area contributed by atoms with Crippen LogP contribution in [0, 0.1) is 5.92 Å². The summed E-state index contributed by atoms with van der Waals surface area (Å²) in [5, 5.41) is 4.42. The lowest BCUT2D eigenvalue weighted by Gasteiger charge is -2.26. The van der Waals surface area contributed by atoms with E-state index >= 15 is 0 Å². The monoisotopic (exact) mass is 269 g/mol. The summed E-state index contributed by atoms with van der Waals surface area (Å²) < 4.78 is 5.25. The quantitative estimate of drug-likeness (QED) is 0.818. The van der Waals surface area contributed by atoms with Crippen LogP contribution in [0.4, 0.5) is 0 Å². The molecule has 1 aromatic carbocycles. The van der Waals surface area contributed by atoms with Gasteiger partial charge in [0.1, 0.15) is 0 Å². The Balaban J connectivity index is 2.51. The Hall–Kier alpha value is -0.570. The molecule has 0 aliphatic heterocycles. The van der Waals surface area contributed by atoms with Gasteiger partial charge in [0.05, 0.1) is 6.61 Å². The predicted molar refractivity (Wildman–Crippen MR) is 78.3 cm³/mol. The zero-order valence-corrected chi connectivity index (χ0v) is 12.5. The van der Waals surface area contributed by atoms with Gasteiger partial charge in [-0.1, -0.05) is 37.6 Å². The van der Waals surface area contributed by atoms with Crippen LogP contribution >= 0.6 is 11.6 Å². The third kappa shape index (κ3) is 5.38. The molecule has 0 radical (unpaired) electrons. The minimum absolute atomic E-state index is 0.393. The first-order valence-electron chi connectivity index (χ1n) is 6.52. The molecule has 0 bridgehead atoms. The molecule has 1 N–H and O–H groups in total. The lowest BCUT2D eigenvalue weighted by molar-refractivity contribution is 0.141. The van der Waals surface area contributed by atoms with Gasteiger partial charge in [-0.2, -0.15) is 0 Å². The molecule has 2 unspecified atom stereocenters. The van der Waals surface area contributed by atoms with E-state index in [1.54, 1.807) is 7.11 Å². The van der Waals surface area contributed by atoms with Crippen molar-refractivity contribution >= 4 is 11.6 Å². The van der Waals surface area contributed by atoms with Crippen molar-refractivity contribution in [1.29, 1.82) is 0 Å². The zero-order chi connectivity index (χ0) is 13.5. The Bertz CT molecular complexity index is 354. The van der Waals surface area contributed by atoms with E-state index in [-0.39, 0.29) is 0 Å². The Morgan fingerprint density at radius 2 is 2.00 bits per heavy atom. The summed E-state index contributed by atoms with van der Waals surface area (Å²) >= 11 is 5.99. The van der Waals surface area contributed by atoms with Gasteiger partial charge in [0.25, 0.3) is 0 Å². The fourth-order valence-corrected chi connectivity index (χ4v) is 2.27. The highest BCUT2D eigenvalue weighted by atomic mass is 35.5. The van der Waals surface area contributed by atoms with Crippen molar-refractivity contribution in [1.82, 2.24) is 5.32 Å². The fourth-order valence-electron chi connectivity index (χ4n) is 2.05. The molecule has 0 amide bonds. The van der Waals surface area contributed by atoms with Crippen molar-refractivity contribution in [3.63, 3.8) is 0 Å². The molecule has 0 aliphatic carbocycles. The molecule has 18 heavy (non-hydrogen) atoms. The molecule has 1 aromatic rings. The van der Waals surface area contributed by atoms with Crippen molar-refractivity contribution in [2.45, 2.75) is 39.3 Å². The molecule has 3 heteroatoms. The molecule has 0 aromatic heterocycles. The normalized spacial score (nSPS) is 14.8. The Morgan fingerprint density at radius 3 is 2.56 bits per heavy atom. The van der Waals surface area contributed by atoms with Crippen LogP contribution < -0.4 is 5.32 Å². The predicted octanol–water partition coefficient (Wildman–Crippen LogP) is 3.53. The molecule has 2 nitrogen and oxygen atoms in total. The van der Waals surface area contributed by atoms with Crippen molar-refractivity contribution < 1.29 is 4.74 Å². The van der Waals surface area contributed by atoms with Gasteiger partial charge in [-0.3, -0.25) is 0 Å². The summed E-state index contributed by atoms with van der Waals surface area (Å²) in [6.07, 6.45) is 0.980. The molecule has 102 valence electrons. The highest BCUT2D eigenvalue weighted by Gasteiger charge is 2.15. The van der Waals surface area contributed by atoms with Crippen molar-refractivity contribution in [3.8, 4) is 0 Å². The van der Waals surface area contributed by atoms with Crippen LogP contribution in [-0.4, -0.2) is 25.8 Å². The van der Waals surface area contributed by atoms with Crippen LogP contribution in [0.25, 0.3) is 0 Å². The highest BCUT2D eigenvalue weighted by Crippen LogP contribution is 2.13. The molecule has 0 fully saturated rings. The van der Waals surface area contributed by atoms with Crippen LogP contribution in [0.1, 0.15) is 26.3 Å². The smallest absolute Gasteiger partial charge is 0.0618 e. The van der Waals surface area contributed by atoms with Gasteiger partial charge in [-0.25, -0.2) is 0 Å². The zero-order valence-electron chi connectivity index (χ0n) is 11.7. The number of rotatable bonds is 7. The van der Waals surface area contributed by atoms with Crippen LogP contribution in [0.2, 0.25) is 5.02 Å². The maximum absolute atomic E-state index is 5.99. The van der Waals surface area contributed by atoms with Gasteiger partial charge in [-0.05, 0) is 37.0 Å². The molecule has 2 atom stereocenters. The second-order valence-electron chi connectivity index (χ2n) is 5.21. The van der Waals surface area contributed by atoms with Crippen LogP contribution in [0.5, 0.6) is 0 Å². The second-order valence-corrected chi connectivity index (χ2v) is 5.64. The first-order valence-corrected chi connectivity index (χ1v) is 6.90. The minimum Gasteiger partial charge on any atom is -0.383 e. The standard InChI is InChI=1S/C15H24ClNO/c1-11(2)15(10-18-4)17-12(3)8-13-6-5-7-14(16)9-13/h5-7,9,11-12,15,17H,8,10H2,1-4H3. The Kier molecular flexibility index (Phi) is 6.69. The Labute approximate surface area is 116 Å². The lowest BCUT2D eigenvalue weighted by atomic mass is 10.0. The molecule has 0 heterocycles. The van der Waals surface area contributed by atoms with Gasteiger partial charge in [0, 0.05) is 24.2 Å². The van der Waals surface area contributed by atoms with Gasteiger partial charge >= 0.3 is 0 Å². The van der Waals surface area contributed by atoms with E-state index in [0.717, 1.165) is 18.1 Å². The molecule has 0 saturated heterocycles. The third-order valence-electron chi connectivity index (χ3n) is 3.08. The maximum atomic E-state index is 5.99. The topological polar surface area (TPSA) is 21.3 Å². The average Bonchev–Trinajstić information content (AvgIpc) is 2.28. The number of methoxy groups -OCH3 is 1. The maximum Gasteiger partial charge on any atom is 0.0618 e. The largest absolute Gasteiger partial charge is 0.383 e. The van der Waals surface area contributed by atoms with Crippen molar-refractivity contribution in [3.05, 3.63) is 34.9 Å². The van der Waals surface area contributed by atoms with E-state index in [1.165, 1.54) is 5.56 Å². The summed E-state index contributed by atoms with van der Waals surface area (Å²) in [6, 6.07) is 8.85. The van der Waals surface area contributed by atoms with E-state index in [4.69, 9.17) is 16.3 Å². The van der Waals surface area contributed by atoms with Crippen LogP contribution in [0.3, 0.4) is 0 Å². The molecular formula is C15H24ClNO. The van der Waals surface area contributed by atoms with Crippen molar-refractivity contribution in [2.75, 3.05) is 13.7 Å². The van der Waals surface area contributed by atoms with E-state index in [0.29, 0.717) is 18.0 Å². The molecule has 0 saturated carbocycles. The summed E-state index contributed by atoms with van der Waals surface area (Å²) in [4.78, 5) is 0. The molecule has 0 aliphatic rings. The minimum atomic E-state index is 0.393. The number of benzene rings is 1. The number of hydrogen-bond acceptors (Lipinski definition) is 2. The van der Waals surface area contributed by atoms with Crippen LogP contribution in [-0.2, 0) is 11.2 Å². The molecule has 0 spiro atoms. The Morgan fingerprint density at radius 1 is 1.28 bits per heavy atom. The lowest BCUT2D eigenvalue weighted by Crippen LogP contribution is -2.43. The first-order chi connectivity index (χ1) is 8.52. The van der Waals surface area contributed by atoms with Crippen molar-refractivity contribution in [2.24, 2.45) is 5.92 Å². The van der Waals surface area contributed by atoms with Gasteiger partial charge < -0.3 is 10.1 Å². The average molecular weight is 270 g/mol. The first kappa shape index (κ1) is 15.5. The number of nitrogens with one attached hydrogen (secondary N) is 1. The SMILES string of the molecule is COCC(NC(C)Cc1cccc(Cl)c1)C(C)C. The summed E-state index contributed by atoms with van der Waals surface area (Å²) in [6.45, 7) is 7.37. The van der Waals surface area contributed by atoms with Gasteiger partial charge in [-0.15, -0.1) is 0 Å². The summed E-state index contributed by atoms with van der Waals surface area (Å²) in [5.41, 5.74) is 1.27.